The van der Waals surface area contributed by atoms with Crippen LogP contribution in [-0.2, 0) is 4.79 Å². The third kappa shape index (κ3) is 3.95. The fourth-order valence-electron chi connectivity index (χ4n) is 3.14. The first-order valence-electron chi connectivity index (χ1n) is 8.01. The van der Waals surface area contributed by atoms with E-state index in [0.717, 1.165) is 18.4 Å². The molecule has 1 aromatic rings. The van der Waals surface area contributed by atoms with Crippen molar-refractivity contribution in [1.29, 1.82) is 0 Å². The second-order valence-corrected chi connectivity index (χ2v) is 6.61. The number of amides is 1. The molecular formula is C16H21F2N3O2. The second kappa shape index (κ2) is 6.37. The Hall–Kier alpha value is -1.79. The minimum atomic E-state index is -2.65. The quantitative estimate of drug-likeness (QED) is 0.853. The maximum atomic E-state index is 12.9. The van der Waals surface area contributed by atoms with E-state index in [1.165, 1.54) is 0 Å². The molecule has 2 fully saturated rings. The van der Waals surface area contributed by atoms with Crippen LogP contribution in [0.4, 0.5) is 8.78 Å². The zero-order chi connectivity index (χ0) is 16.4. The molecule has 2 heterocycles. The van der Waals surface area contributed by atoms with Crippen LogP contribution < -0.4 is 4.74 Å². The Labute approximate surface area is 134 Å². The molecule has 0 radical (unpaired) electrons. The van der Waals surface area contributed by atoms with Crippen LogP contribution in [0.15, 0.2) is 12.4 Å². The van der Waals surface area contributed by atoms with Crippen molar-refractivity contribution in [2.24, 2.45) is 11.8 Å². The van der Waals surface area contributed by atoms with E-state index >= 15 is 0 Å². The van der Waals surface area contributed by atoms with E-state index in [-0.39, 0.29) is 24.7 Å². The summed E-state index contributed by atoms with van der Waals surface area (Å²) >= 11 is 0. The van der Waals surface area contributed by atoms with Gasteiger partial charge in [-0.1, -0.05) is 0 Å². The Kier molecular flexibility index (Phi) is 4.46. The first-order chi connectivity index (χ1) is 10.9. The molecule has 126 valence electrons. The molecule has 1 aliphatic carbocycles. The Bertz CT molecular complexity index is 557. The first kappa shape index (κ1) is 16.1. The molecule has 2 aliphatic rings. The number of aryl methyl sites for hydroxylation is 1. The lowest BCUT2D eigenvalue weighted by atomic mass is 9.80. The van der Waals surface area contributed by atoms with Gasteiger partial charge >= 0.3 is 6.01 Å². The summed E-state index contributed by atoms with van der Waals surface area (Å²) in [5.74, 6) is -3.10. The van der Waals surface area contributed by atoms with Gasteiger partial charge < -0.3 is 9.64 Å². The van der Waals surface area contributed by atoms with Gasteiger partial charge in [-0.2, -0.15) is 0 Å². The van der Waals surface area contributed by atoms with E-state index in [1.807, 2.05) is 6.92 Å². The van der Waals surface area contributed by atoms with E-state index in [9.17, 15) is 13.6 Å². The molecule has 0 bridgehead atoms. The summed E-state index contributed by atoms with van der Waals surface area (Å²) in [4.78, 5) is 22.1. The van der Waals surface area contributed by atoms with Crippen LogP contribution in [0.5, 0.6) is 6.01 Å². The summed E-state index contributed by atoms with van der Waals surface area (Å²) in [5, 5.41) is 0. The maximum Gasteiger partial charge on any atom is 0.316 e. The van der Waals surface area contributed by atoms with E-state index in [4.69, 9.17) is 4.74 Å². The van der Waals surface area contributed by atoms with Crippen LogP contribution >= 0.6 is 0 Å². The number of aromatic nitrogens is 2. The molecule has 1 atom stereocenters. The third-order valence-corrected chi connectivity index (χ3v) is 4.48. The van der Waals surface area contributed by atoms with Gasteiger partial charge in [0.1, 0.15) is 0 Å². The smallest absolute Gasteiger partial charge is 0.316 e. The summed E-state index contributed by atoms with van der Waals surface area (Å²) in [6.45, 7) is 3.55. The molecular weight excluding hydrogens is 304 g/mol. The number of carbonyl (C=O) groups is 1. The minimum absolute atomic E-state index is 0.132. The number of hydrogen-bond acceptors (Lipinski definition) is 4. The summed E-state index contributed by atoms with van der Waals surface area (Å²) in [7, 11) is 0. The normalized spacial score (nSPS) is 24.1. The van der Waals surface area contributed by atoms with Crippen molar-refractivity contribution in [3.05, 3.63) is 18.0 Å². The molecule has 0 spiro atoms. The average Bonchev–Trinajstić information content (AvgIpc) is 2.51. The van der Waals surface area contributed by atoms with Gasteiger partial charge in [-0.25, -0.2) is 18.7 Å². The molecule has 3 rings (SSSR count). The third-order valence-electron chi connectivity index (χ3n) is 4.48. The zero-order valence-electron chi connectivity index (χ0n) is 13.2. The molecule has 1 amide bonds. The number of carbonyl (C=O) groups excluding carboxylic acids is 1. The number of rotatable bonds is 4. The summed E-state index contributed by atoms with van der Waals surface area (Å²) < 4.78 is 31.4. The molecule has 1 saturated carbocycles. The Balaban J connectivity index is 1.48. The predicted octanol–water partition coefficient (Wildman–Crippen LogP) is 2.45. The van der Waals surface area contributed by atoms with Gasteiger partial charge in [0, 0.05) is 50.2 Å². The highest BCUT2D eigenvalue weighted by molar-refractivity contribution is 5.80. The maximum absolute atomic E-state index is 12.9. The number of hydrogen-bond donors (Lipinski definition) is 0. The van der Waals surface area contributed by atoms with Crippen LogP contribution in [0.2, 0.25) is 0 Å². The second-order valence-electron chi connectivity index (χ2n) is 6.61. The van der Waals surface area contributed by atoms with E-state index in [0.29, 0.717) is 25.7 Å². The number of alkyl halides is 2. The Morgan fingerprint density at radius 3 is 2.74 bits per heavy atom. The van der Waals surface area contributed by atoms with Gasteiger partial charge in [0.15, 0.2) is 0 Å². The lowest BCUT2D eigenvalue weighted by Crippen LogP contribution is -2.50. The molecule has 1 aromatic heterocycles. The summed E-state index contributed by atoms with van der Waals surface area (Å²) in [6, 6.07) is 0.331. The predicted molar refractivity (Wildman–Crippen MR) is 79.2 cm³/mol. The highest BCUT2D eigenvalue weighted by atomic mass is 19.3. The molecule has 7 heteroatoms. The number of ether oxygens (including phenoxy) is 1. The van der Waals surface area contributed by atoms with Crippen molar-refractivity contribution in [1.82, 2.24) is 14.9 Å². The van der Waals surface area contributed by atoms with Crippen molar-refractivity contribution < 1.29 is 18.3 Å². The highest BCUT2D eigenvalue weighted by Gasteiger charge is 2.50. The van der Waals surface area contributed by atoms with Gasteiger partial charge in [-0.3, -0.25) is 4.79 Å². The minimum Gasteiger partial charge on any atom is -0.463 e. The van der Waals surface area contributed by atoms with Crippen LogP contribution in [0.3, 0.4) is 0 Å². The fraction of sp³-hybridized carbons (Fsp3) is 0.688. The molecule has 23 heavy (non-hydrogen) atoms. The molecule has 5 nitrogen and oxygen atoms in total. The summed E-state index contributed by atoms with van der Waals surface area (Å²) in [6.07, 6.45) is 4.60. The largest absolute Gasteiger partial charge is 0.463 e. The lowest BCUT2D eigenvalue weighted by Gasteiger charge is -2.40. The Morgan fingerprint density at radius 2 is 2.09 bits per heavy atom. The molecule has 0 N–H and O–H groups in total. The van der Waals surface area contributed by atoms with Crippen LogP contribution in [0.25, 0.3) is 0 Å². The fourth-order valence-corrected chi connectivity index (χ4v) is 3.14. The number of likely N-dealkylation sites (tertiary alicyclic amines) is 1. The van der Waals surface area contributed by atoms with Gasteiger partial charge in [-0.05, 0) is 25.3 Å². The number of piperidine rings is 1. The number of halogens is 2. The topological polar surface area (TPSA) is 55.3 Å². The SMILES string of the molecule is Cc1cnc(OCC2CCCN(C(=O)C3CC(F)(F)C3)C2)nc1. The Morgan fingerprint density at radius 1 is 1.39 bits per heavy atom. The van der Waals surface area contributed by atoms with Gasteiger partial charge in [-0.15, -0.1) is 0 Å². The van der Waals surface area contributed by atoms with Crippen molar-refractivity contribution in [3.8, 4) is 6.01 Å². The van der Waals surface area contributed by atoms with Crippen LogP contribution in [0.1, 0.15) is 31.2 Å². The standard InChI is InChI=1S/C16H21F2N3O2/c1-11-7-19-15(20-8-11)23-10-12-3-2-4-21(9-12)14(22)13-5-16(17,18)6-13/h7-8,12-13H,2-6,9-10H2,1H3. The van der Waals surface area contributed by atoms with Crippen molar-refractivity contribution >= 4 is 5.91 Å². The van der Waals surface area contributed by atoms with Crippen LogP contribution in [-0.4, -0.2) is 46.4 Å². The molecule has 1 aliphatic heterocycles. The van der Waals surface area contributed by atoms with Crippen LogP contribution in [0, 0.1) is 18.8 Å². The molecule has 0 aromatic carbocycles. The molecule has 1 unspecified atom stereocenters. The lowest BCUT2D eigenvalue weighted by molar-refractivity contribution is -0.161. The zero-order valence-corrected chi connectivity index (χ0v) is 13.2. The van der Waals surface area contributed by atoms with E-state index in [1.54, 1.807) is 17.3 Å². The summed E-state index contributed by atoms with van der Waals surface area (Å²) in [5.41, 5.74) is 0.962. The number of nitrogens with zero attached hydrogens (tertiary/aromatic N) is 3. The van der Waals surface area contributed by atoms with Gasteiger partial charge in [0.2, 0.25) is 11.8 Å². The highest BCUT2D eigenvalue weighted by Crippen LogP contribution is 2.43. The van der Waals surface area contributed by atoms with Gasteiger partial charge in [0.25, 0.3) is 0 Å². The first-order valence-corrected chi connectivity index (χ1v) is 8.01. The molecule has 1 saturated heterocycles. The monoisotopic (exact) mass is 325 g/mol. The average molecular weight is 325 g/mol. The van der Waals surface area contributed by atoms with Crippen molar-refractivity contribution in [2.75, 3.05) is 19.7 Å². The van der Waals surface area contributed by atoms with E-state index in [2.05, 4.69) is 9.97 Å². The van der Waals surface area contributed by atoms with Crippen molar-refractivity contribution in [3.63, 3.8) is 0 Å². The van der Waals surface area contributed by atoms with Gasteiger partial charge in [0.05, 0.1) is 6.61 Å². The van der Waals surface area contributed by atoms with E-state index < -0.39 is 11.8 Å². The van der Waals surface area contributed by atoms with Crippen molar-refractivity contribution in [2.45, 2.75) is 38.5 Å².